The number of phenols is 1. The minimum Gasteiger partial charge on any atom is -0.508 e. The number of anilines is 2. The van der Waals surface area contributed by atoms with Crippen LogP contribution >= 0.6 is 0 Å². The van der Waals surface area contributed by atoms with Crippen LogP contribution in [0.25, 0.3) is 0 Å². The molecule has 0 saturated heterocycles. The van der Waals surface area contributed by atoms with Crippen LogP contribution in [0.1, 0.15) is 12.5 Å². The van der Waals surface area contributed by atoms with Gasteiger partial charge in [0.05, 0.1) is 6.61 Å². The quantitative estimate of drug-likeness (QED) is 0.714. The van der Waals surface area contributed by atoms with Gasteiger partial charge in [0.1, 0.15) is 5.75 Å². The number of hydrogen-bond donors (Lipinski definition) is 3. The number of ether oxygens (including phenoxy) is 1. The Morgan fingerprint density at radius 3 is 2.48 bits per heavy atom. The molecular formula is C14H19N5O2. The molecule has 21 heavy (non-hydrogen) atoms. The molecule has 0 saturated carbocycles. The Labute approximate surface area is 123 Å². The minimum absolute atomic E-state index is 0.268. The Balaban J connectivity index is 1.95. The molecule has 0 spiro atoms. The zero-order valence-corrected chi connectivity index (χ0v) is 12.1. The fourth-order valence-electron chi connectivity index (χ4n) is 1.72. The van der Waals surface area contributed by atoms with E-state index < -0.39 is 0 Å². The van der Waals surface area contributed by atoms with Crippen LogP contribution < -0.4 is 15.4 Å². The van der Waals surface area contributed by atoms with Crippen molar-refractivity contribution in [3.05, 3.63) is 29.8 Å². The smallest absolute Gasteiger partial charge is 0.323 e. The van der Waals surface area contributed by atoms with Crippen LogP contribution in [0.15, 0.2) is 24.3 Å². The van der Waals surface area contributed by atoms with E-state index in [1.54, 1.807) is 19.2 Å². The van der Waals surface area contributed by atoms with Gasteiger partial charge in [-0.25, -0.2) is 0 Å². The summed E-state index contributed by atoms with van der Waals surface area (Å²) < 4.78 is 5.30. The lowest BCUT2D eigenvalue weighted by Gasteiger charge is -2.08. The Morgan fingerprint density at radius 1 is 1.10 bits per heavy atom. The first kappa shape index (κ1) is 14.8. The normalized spacial score (nSPS) is 10.2. The van der Waals surface area contributed by atoms with Gasteiger partial charge in [-0.3, -0.25) is 0 Å². The van der Waals surface area contributed by atoms with Gasteiger partial charge in [0, 0.05) is 13.6 Å². The molecule has 2 aromatic rings. The monoisotopic (exact) mass is 289 g/mol. The van der Waals surface area contributed by atoms with Gasteiger partial charge in [0.15, 0.2) is 0 Å². The summed E-state index contributed by atoms with van der Waals surface area (Å²) in [5.41, 5.74) is 1.12. The largest absolute Gasteiger partial charge is 0.508 e. The molecule has 0 aliphatic rings. The van der Waals surface area contributed by atoms with Crippen LogP contribution in [0.4, 0.5) is 11.9 Å². The highest BCUT2D eigenvalue weighted by Gasteiger charge is 2.05. The van der Waals surface area contributed by atoms with Gasteiger partial charge < -0.3 is 20.5 Å². The summed E-state index contributed by atoms with van der Waals surface area (Å²) in [5, 5.41) is 15.2. The van der Waals surface area contributed by atoms with E-state index in [0.717, 1.165) is 12.0 Å². The lowest BCUT2D eigenvalue weighted by molar-refractivity contribution is 0.312. The summed E-state index contributed by atoms with van der Waals surface area (Å²) in [5.74, 6) is 1.20. The average molecular weight is 289 g/mol. The van der Waals surface area contributed by atoms with Crippen molar-refractivity contribution >= 4 is 11.9 Å². The number of rotatable bonds is 7. The Morgan fingerprint density at radius 2 is 1.81 bits per heavy atom. The second kappa shape index (κ2) is 7.28. The fraction of sp³-hybridized carbons (Fsp3) is 0.357. The number of nitrogens with one attached hydrogen (secondary N) is 2. The molecule has 7 heteroatoms. The van der Waals surface area contributed by atoms with Crippen molar-refractivity contribution in [3.63, 3.8) is 0 Å². The number of benzene rings is 1. The van der Waals surface area contributed by atoms with Crippen molar-refractivity contribution in [2.75, 3.05) is 30.8 Å². The van der Waals surface area contributed by atoms with Crippen molar-refractivity contribution in [2.45, 2.75) is 13.3 Å². The molecule has 1 aromatic heterocycles. The molecule has 1 aromatic carbocycles. The van der Waals surface area contributed by atoms with E-state index in [-0.39, 0.29) is 5.75 Å². The first-order valence-electron chi connectivity index (χ1n) is 6.79. The molecule has 0 fully saturated rings. The van der Waals surface area contributed by atoms with E-state index in [1.165, 1.54) is 0 Å². The maximum Gasteiger partial charge on any atom is 0.323 e. The van der Waals surface area contributed by atoms with Crippen molar-refractivity contribution in [3.8, 4) is 11.8 Å². The average Bonchev–Trinajstić information content (AvgIpc) is 2.49. The third-order valence-corrected chi connectivity index (χ3v) is 2.75. The van der Waals surface area contributed by atoms with Gasteiger partial charge in [-0.1, -0.05) is 12.1 Å². The van der Waals surface area contributed by atoms with E-state index in [1.807, 2.05) is 19.1 Å². The molecule has 1 heterocycles. The maximum absolute atomic E-state index is 9.24. The van der Waals surface area contributed by atoms with Crippen molar-refractivity contribution in [1.82, 2.24) is 15.0 Å². The summed E-state index contributed by atoms with van der Waals surface area (Å²) in [6, 6.07) is 7.41. The number of hydrogen-bond acceptors (Lipinski definition) is 7. The molecule has 3 N–H and O–H groups in total. The van der Waals surface area contributed by atoms with Crippen LogP contribution in [-0.4, -0.2) is 40.3 Å². The third-order valence-electron chi connectivity index (χ3n) is 2.75. The van der Waals surface area contributed by atoms with Gasteiger partial charge in [-0.15, -0.1) is 0 Å². The van der Waals surface area contributed by atoms with E-state index >= 15 is 0 Å². The standard InChI is InChI=1S/C14H19N5O2/c1-3-21-14-18-12(15-2)17-13(19-14)16-9-8-10-4-6-11(20)7-5-10/h4-7,20H,3,8-9H2,1-2H3,(H2,15,16,17,18,19). The Bertz CT molecular complexity index is 574. The van der Waals surface area contributed by atoms with Crippen LogP contribution in [0.2, 0.25) is 0 Å². The molecule has 0 amide bonds. The second-order valence-corrected chi connectivity index (χ2v) is 4.29. The molecule has 0 atom stereocenters. The van der Waals surface area contributed by atoms with Gasteiger partial charge in [0.2, 0.25) is 11.9 Å². The van der Waals surface area contributed by atoms with Crippen molar-refractivity contribution in [1.29, 1.82) is 0 Å². The number of aromatic hydroxyl groups is 1. The molecule has 0 unspecified atom stereocenters. The number of phenolic OH excluding ortho intramolecular Hbond substituents is 1. The van der Waals surface area contributed by atoms with Crippen LogP contribution in [0.3, 0.4) is 0 Å². The zero-order chi connectivity index (χ0) is 15.1. The van der Waals surface area contributed by atoms with Gasteiger partial charge in [0.25, 0.3) is 0 Å². The molecule has 112 valence electrons. The summed E-state index contributed by atoms with van der Waals surface area (Å²) in [6.45, 7) is 3.05. The van der Waals surface area contributed by atoms with E-state index in [9.17, 15) is 5.11 Å². The van der Waals surface area contributed by atoms with E-state index in [2.05, 4.69) is 25.6 Å². The van der Waals surface area contributed by atoms with E-state index in [4.69, 9.17) is 4.74 Å². The van der Waals surface area contributed by atoms with Gasteiger partial charge >= 0.3 is 6.01 Å². The number of aromatic nitrogens is 3. The molecule has 0 bridgehead atoms. The molecule has 0 aliphatic heterocycles. The summed E-state index contributed by atoms with van der Waals surface area (Å²) in [6.07, 6.45) is 0.796. The lowest BCUT2D eigenvalue weighted by atomic mass is 10.1. The van der Waals surface area contributed by atoms with Crippen molar-refractivity contribution in [2.24, 2.45) is 0 Å². The van der Waals surface area contributed by atoms with Gasteiger partial charge in [-0.2, -0.15) is 15.0 Å². The highest BCUT2D eigenvalue weighted by Crippen LogP contribution is 2.12. The molecule has 0 aliphatic carbocycles. The summed E-state index contributed by atoms with van der Waals surface area (Å²) in [4.78, 5) is 12.5. The fourth-order valence-corrected chi connectivity index (χ4v) is 1.72. The zero-order valence-electron chi connectivity index (χ0n) is 12.1. The highest BCUT2D eigenvalue weighted by molar-refractivity contribution is 5.35. The number of nitrogens with zero attached hydrogens (tertiary/aromatic N) is 3. The van der Waals surface area contributed by atoms with Crippen LogP contribution in [0, 0.1) is 0 Å². The molecule has 0 radical (unpaired) electrons. The topological polar surface area (TPSA) is 92.2 Å². The Hall–Kier alpha value is -2.57. The highest BCUT2D eigenvalue weighted by atomic mass is 16.5. The molecule has 2 rings (SSSR count). The van der Waals surface area contributed by atoms with E-state index in [0.29, 0.717) is 31.1 Å². The Kier molecular flexibility index (Phi) is 5.14. The lowest BCUT2D eigenvalue weighted by Crippen LogP contribution is -2.11. The minimum atomic E-state index is 0.268. The first-order chi connectivity index (χ1) is 10.2. The van der Waals surface area contributed by atoms with Crippen molar-refractivity contribution < 1.29 is 9.84 Å². The summed E-state index contributed by atoms with van der Waals surface area (Å²) in [7, 11) is 1.74. The SMILES string of the molecule is CCOc1nc(NC)nc(NCCc2ccc(O)cc2)n1. The van der Waals surface area contributed by atoms with Crippen LogP contribution in [0.5, 0.6) is 11.8 Å². The predicted octanol–water partition coefficient (Wildman–Crippen LogP) is 1.67. The molecular weight excluding hydrogens is 270 g/mol. The third kappa shape index (κ3) is 4.48. The molecule has 7 nitrogen and oxygen atoms in total. The predicted molar refractivity (Wildman–Crippen MR) is 80.8 cm³/mol. The van der Waals surface area contributed by atoms with Gasteiger partial charge in [-0.05, 0) is 31.0 Å². The second-order valence-electron chi connectivity index (χ2n) is 4.29. The van der Waals surface area contributed by atoms with Crippen LogP contribution in [-0.2, 0) is 6.42 Å². The maximum atomic E-state index is 9.24. The first-order valence-corrected chi connectivity index (χ1v) is 6.79. The summed E-state index contributed by atoms with van der Waals surface area (Å²) >= 11 is 0.